The van der Waals surface area contributed by atoms with Crippen LogP contribution in [-0.2, 0) is 0 Å². The van der Waals surface area contributed by atoms with Crippen molar-refractivity contribution in [3.05, 3.63) is 23.8 Å². The number of carbonyl (C=O) groups is 1. The lowest BCUT2D eigenvalue weighted by atomic mass is 10.1. The Morgan fingerprint density at radius 3 is 2.76 bits per heavy atom. The third-order valence-corrected chi connectivity index (χ3v) is 2.36. The van der Waals surface area contributed by atoms with Crippen molar-refractivity contribution in [2.24, 2.45) is 0 Å². The van der Waals surface area contributed by atoms with Gasteiger partial charge in [0.2, 0.25) is 0 Å². The molecule has 3 N–H and O–H groups in total. The Bertz CT molecular complexity index is 378. The third-order valence-electron chi connectivity index (χ3n) is 2.36. The molecule has 0 unspecified atom stereocenters. The second-order valence-electron chi connectivity index (χ2n) is 3.81. The maximum Gasteiger partial charge on any atom is 0.251 e. The topological polar surface area (TPSA) is 64.3 Å². The molecule has 94 valence electrons. The zero-order valence-electron chi connectivity index (χ0n) is 10.5. The van der Waals surface area contributed by atoms with Crippen molar-refractivity contribution in [1.82, 2.24) is 5.32 Å². The van der Waals surface area contributed by atoms with Gasteiger partial charge in [0.05, 0.1) is 12.3 Å². The van der Waals surface area contributed by atoms with Crippen molar-refractivity contribution < 1.29 is 9.53 Å². The lowest BCUT2D eigenvalue weighted by Crippen LogP contribution is -2.22. The number of anilines is 1. The van der Waals surface area contributed by atoms with Crippen LogP contribution < -0.4 is 15.8 Å². The third kappa shape index (κ3) is 3.98. The molecule has 0 aliphatic carbocycles. The lowest BCUT2D eigenvalue weighted by Gasteiger charge is -2.09. The second kappa shape index (κ2) is 6.78. The van der Waals surface area contributed by atoms with Crippen LogP contribution in [0.1, 0.15) is 37.0 Å². The lowest BCUT2D eigenvalue weighted by molar-refractivity contribution is 0.0956. The van der Waals surface area contributed by atoms with Crippen LogP contribution in [-0.4, -0.2) is 19.1 Å². The molecule has 1 amide bonds. The van der Waals surface area contributed by atoms with E-state index in [4.69, 9.17) is 10.5 Å². The van der Waals surface area contributed by atoms with Crippen LogP contribution in [0.3, 0.4) is 0 Å². The minimum atomic E-state index is -0.112. The molecule has 4 heteroatoms. The van der Waals surface area contributed by atoms with Crippen LogP contribution in [0.2, 0.25) is 0 Å². The molecule has 0 aliphatic rings. The first-order valence-corrected chi connectivity index (χ1v) is 5.99. The molecular formula is C13H20N2O2. The number of rotatable bonds is 6. The summed E-state index contributed by atoms with van der Waals surface area (Å²) in [5.74, 6) is 0.533. The Morgan fingerprint density at radius 2 is 2.18 bits per heavy atom. The Balaban J connectivity index is 2.68. The van der Waals surface area contributed by atoms with Gasteiger partial charge in [0.25, 0.3) is 5.91 Å². The highest BCUT2D eigenvalue weighted by Gasteiger charge is 2.07. The van der Waals surface area contributed by atoms with Crippen molar-refractivity contribution >= 4 is 11.6 Å². The molecule has 0 atom stereocenters. The van der Waals surface area contributed by atoms with Gasteiger partial charge in [-0.3, -0.25) is 4.79 Å². The van der Waals surface area contributed by atoms with Crippen LogP contribution in [0.25, 0.3) is 0 Å². The minimum Gasteiger partial charge on any atom is -0.491 e. The predicted octanol–water partition coefficient (Wildman–Crippen LogP) is 2.20. The van der Waals surface area contributed by atoms with Crippen molar-refractivity contribution in [2.45, 2.75) is 26.7 Å². The number of nitrogens with two attached hydrogens (primary N) is 1. The van der Waals surface area contributed by atoms with Crippen LogP contribution >= 0.6 is 0 Å². The van der Waals surface area contributed by atoms with Crippen molar-refractivity contribution in [3.63, 3.8) is 0 Å². The van der Waals surface area contributed by atoms with Gasteiger partial charge in [-0.2, -0.15) is 0 Å². The normalized spacial score (nSPS) is 10.0. The van der Waals surface area contributed by atoms with Crippen LogP contribution in [0.15, 0.2) is 18.2 Å². The highest BCUT2D eigenvalue weighted by Crippen LogP contribution is 2.22. The largest absolute Gasteiger partial charge is 0.491 e. The molecule has 4 nitrogen and oxygen atoms in total. The first-order chi connectivity index (χ1) is 8.19. The first-order valence-electron chi connectivity index (χ1n) is 5.99. The highest BCUT2D eigenvalue weighted by atomic mass is 16.5. The summed E-state index contributed by atoms with van der Waals surface area (Å²) in [6.45, 7) is 5.24. The van der Waals surface area contributed by atoms with Gasteiger partial charge in [0.1, 0.15) is 5.75 Å². The van der Waals surface area contributed by atoms with E-state index >= 15 is 0 Å². The molecule has 1 aromatic rings. The van der Waals surface area contributed by atoms with Crippen LogP contribution in [0.5, 0.6) is 5.75 Å². The Morgan fingerprint density at radius 1 is 1.41 bits per heavy atom. The number of nitrogens with one attached hydrogen (secondary N) is 1. The molecule has 0 fully saturated rings. The minimum absolute atomic E-state index is 0.112. The van der Waals surface area contributed by atoms with E-state index < -0.39 is 0 Å². The molecule has 0 spiro atoms. The van der Waals surface area contributed by atoms with Crippen molar-refractivity contribution in [1.29, 1.82) is 0 Å². The van der Waals surface area contributed by atoms with Crippen LogP contribution in [0.4, 0.5) is 5.69 Å². The number of unbranched alkanes of at least 4 members (excludes halogenated alkanes) is 1. The van der Waals surface area contributed by atoms with E-state index in [1.807, 2.05) is 6.92 Å². The van der Waals surface area contributed by atoms with E-state index in [-0.39, 0.29) is 5.91 Å². The maximum atomic E-state index is 11.6. The average molecular weight is 236 g/mol. The Hall–Kier alpha value is -1.71. The van der Waals surface area contributed by atoms with Crippen molar-refractivity contribution in [3.8, 4) is 5.75 Å². The smallest absolute Gasteiger partial charge is 0.251 e. The summed E-state index contributed by atoms with van der Waals surface area (Å²) in [6, 6.07) is 5.12. The summed E-state index contributed by atoms with van der Waals surface area (Å²) in [6.07, 6.45) is 2.08. The SMILES string of the molecule is CCCCOc1ccc(C(=O)NCC)cc1N. The number of benzene rings is 1. The van der Waals surface area contributed by atoms with E-state index in [1.165, 1.54) is 0 Å². The maximum absolute atomic E-state index is 11.6. The quantitative estimate of drug-likeness (QED) is 0.588. The number of hydrogen-bond donors (Lipinski definition) is 2. The predicted molar refractivity (Wildman–Crippen MR) is 69.3 cm³/mol. The Kier molecular flexibility index (Phi) is 5.33. The Labute approximate surface area is 102 Å². The second-order valence-corrected chi connectivity index (χ2v) is 3.81. The molecule has 0 bridgehead atoms. The summed E-state index contributed by atoms with van der Waals surface area (Å²) >= 11 is 0. The fourth-order valence-electron chi connectivity index (χ4n) is 1.41. The number of amides is 1. The summed E-state index contributed by atoms with van der Waals surface area (Å²) in [5.41, 5.74) is 6.90. The molecule has 0 saturated heterocycles. The monoisotopic (exact) mass is 236 g/mol. The standard InChI is InChI=1S/C13H20N2O2/c1-3-5-8-17-12-7-6-10(9-11(12)14)13(16)15-4-2/h6-7,9H,3-5,8,14H2,1-2H3,(H,15,16). The van der Waals surface area contributed by atoms with Gasteiger partial charge in [0.15, 0.2) is 0 Å². The molecule has 0 heterocycles. The first kappa shape index (κ1) is 13.4. The van der Waals surface area contributed by atoms with Gasteiger partial charge >= 0.3 is 0 Å². The number of nitrogen functional groups attached to an aromatic ring is 1. The molecule has 0 aromatic heterocycles. The molecule has 17 heavy (non-hydrogen) atoms. The van der Waals surface area contributed by atoms with E-state index in [9.17, 15) is 4.79 Å². The average Bonchev–Trinajstić information content (AvgIpc) is 2.31. The summed E-state index contributed by atoms with van der Waals surface area (Å²) in [7, 11) is 0. The molecule has 1 rings (SSSR count). The van der Waals surface area contributed by atoms with Gasteiger partial charge in [-0.25, -0.2) is 0 Å². The molecular weight excluding hydrogens is 216 g/mol. The zero-order valence-corrected chi connectivity index (χ0v) is 10.5. The van der Waals surface area contributed by atoms with Crippen LogP contribution in [0, 0.1) is 0 Å². The number of carbonyl (C=O) groups excluding carboxylic acids is 1. The number of ether oxygens (including phenoxy) is 1. The van der Waals surface area contributed by atoms with Gasteiger partial charge in [0, 0.05) is 12.1 Å². The van der Waals surface area contributed by atoms with E-state index in [0.717, 1.165) is 12.8 Å². The molecule has 0 radical (unpaired) electrons. The van der Waals surface area contributed by atoms with Gasteiger partial charge in [-0.1, -0.05) is 13.3 Å². The summed E-state index contributed by atoms with van der Waals surface area (Å²) in [4.78, 5) is 11.6. The highest BCUT2D eigenvalue weighted by molar-refractivity contribution is 5.95. The molecule has 1 aromatic carbocycles. The van der Waals surface area contributed by atoms with E-state index in [1.54, 1.807) is 18.2 Å². The number of hydrogen-bond acceptors (Lipinski definition) is 3. The van der Waals surface area contributed by atoms with Gasteiger partial charge < -0.3 is 15.8 Å². The fourth-order valence-corrected chi connectivity index (χ4v) is 1.41. The summed E-state index contributed by atoms with van der Waals surface area (Å²) in [5, 5.41) is 2.73. The fraction of sp³-hybridized carbons (Fsp3) is 0.462. The zero-order chi connectivity index (χ0) is 12.7. The van der Waals surface area contributed by atoms with E-state index in [2.05, 4.69) is 12.2 Å². The van der Waals surface area contributed by atoms with E-state index in [0.29, 0.717) is 30.2 Å². The van der Waals surface area contributed by atoms with Crippen molar-refractivity contribution in [2.75, 3.05) is 18.9 Å². The molecule has 0 aliphatic heterocycles. The van der Waals surface area contributed by atoms with Gasteiger partial charge in [-0.05, 0) is 31.5 Å². The molecule has 0 saturated carbocycles. The summed E-state index contributed by atoms with van der Waals surface area (Å²) < 4.78 is 5.52. The van der Waals surface area contributed by atoms with Gasteiger partial charge in [-0.15, -0.1) is 0 Å².